The lowest BCUT2D eigenvalue weighted by molar-refractivity contribution is 0.0131. The van der Waals surface area contributed by atoms with E-state index in [-0.39, 0.29) is 11.6 Å². The minimum Gasteiger partial charge on any atom is -0.493 e. The Labute approximate surface area is 240 Å². The van der Waals surface area contributed by atoms with Gasteiger partial charge in [0.1, 0.15) is 6.33 Å². The number of methoxy groups -OCH3 is 2. The molecule has 2 N–H and O–H groups in total. The Balaban J connectivity index is 1.15. The van der Waals surface area contributed by atoms with E-state index in [0.29, 0.717) is 57.0 Å². The molecule has 2 aromatic heterocycles. The summed E-state index contributed by atoms with van der Waals surface area (Å²) in [6.45, 7) is 6.64. The first-order valence-corrected chi connectivity index (χ1v) is 14.5. The van der Waals surface area contributed by atoms with Crippen molar-refractivity contribution in [3.05, 3.63) is 29.6 Å². The number of piperidine rings is 1. The van der Waals surface area contributed by atoms with Gasteiger partial charge in [-0.15, -0.1) is 5.10 Å². The maximum Gasteiger partial charge on any atom is 0.320 e. The van der Waals surface area contributed by atoms with Gasteiger partial charge < -0.3 is 29.9 Å². The van der Waals surface area contributed by atoms with E-state index in [1.165, 1.54) is 11.1 Å². The largest absolute Gasteiger partial charge is 0.493 e. The molecule has 1 aromatic carbocycles. The van der Waals surface area contributed by atoms with Gasteiger partial charge >= 0.3 is 6.03 Å². The SMILES string of the molecule is COc1cc2c(cc1OC)C1(CCN(C(=O)N3CCN(c4ncnc5c4nnn5C)CC3)CC1)N(CCCN)CC2. The average molecular weight is 565 g/mol. The number of carbonyl (C=O) groups is 1. The number of ether oxygens (including phenoxy) is 2. The molecule has 0 bridgehead atoms. The Morgan fingerprint density at radius 3 is 2.39 bits per heavy atom. The van der Waals surface area contributed by atoms with E-state index in [0.717, 1.165) is 56.1 Å². The highest BCUT2D eigenvalue weighted by Crippen LogP contribution is 2.47. The van der Waals surface area contributed by atoms with Crippen molar-refractivity contribution < 1.29 is 14.3 Å². The fourth-order valence-corrected chi connectivity index (χ4v) is 6.84. The first kappa shape index (κ1) is 27.5. The van der Waals surface area contributed by atoms with Gasteiger partial charge in [-0.1, -0.05) is 5.21 Å². The maximum absolute atomic E-state index is 13.7. The molecule has 0 unspecified atom stereocenters. The summed E-state index contributed by atoms with van der Waals surface area (Å²) in [5, 5.41) is 8.34. The molecule has 0 saturated carbocycles. The molecule has 5 heterocycles. The zero-order valence-electron chi connectivity index (χ0n) is 24.3. The maximum atomic E-state index is 13.7. The van der Waals surface area contributed by atoms with Gasteiger partial charge in [-0.3, -0.25) is 4.90 Å². The molecular formula is C28H40N10O3. The number of benzene rings is 1. The molecule has 13 nitrogen and oxygen atoms in total. The van der Waals surface area contributed by atoms with Gasteiger partial charge in [0.25, 0.3) is 0 Å². The zero-order chi connectivity index (χ0) is 28.6. The van der Waals surface area contributed by atoms with E-state index < -0.39 is 0 Å². The van der Waals surface area contributed by atoms with E-state index in [2.05, 4.69) is 42.2 Å². The molecule has 2 fully saturated rings. The van der Waals surface area contributed by atoms with Gasteiger partial charge in [0.15, 0.2) is 28.5 Å². The second-order valence-electron chi connectivity index (χ2n) is 11.1. The van der Waals surface area contributed by atoms with E-state index in [1.54, 1.807) is 25.2 Å². The molecule has 6 rings (SSSR count). The third-order valence-corrected chi connectivity index (χ3v) is 9.08. The number of likely N-dealkylation sites (tertiary alicyclic amines) is 1. The van der Waals surface area contributed by atoms with E-state index in [9.17, 15) is 4.79 Å². The number of urea groups is 1. The molecule has 3 aromatic rings. The molecule has 41 heavy (non-hydrogen) atoms. The predicted octanol–water partition coefficient (Wildman–Crippen LogP) is 1.22. The van der Waals surface area contributed by atoms with Crippen molar-refractivity contribution in [3.63, 3.8) is 0 Å². The van der Waals surface area contributed by atoms with E-state index in [1.807, 2.05) is 16.8 Å². The van der Waals surface area contributed by atoms with Crippen LogP contribution in [0.3, 0.4) is 0 Å². The van der Waals surface area contributed by atoms with Crippen LogP contribution >= 0.6 is 0 Å². The molecule has 3 aliphatic heterocycles. The van der Waals surface area contributed by atoms with Gasteiger partial charge in [0, 0.05) is 64.9 Å². The predicted molar refractivity (Wildman–Crippen MR) is 154 cm³/mol. The number of hydrogen-bond donors (Lipinski definition) is 1. The highest BCUT2D eigenvalue weighted by atomic mass is 16.5. The van der Waals surface area contributed by atoms with Gasteiger partial charge in [0.2, 0.25) is 0 Å². The lowest BCUT2D eigenvalue weighted by Gasteiger charge is -2.53. The standard InChI is InChI=1S/C28H40N10O3/c1-34-25-24(32-33-34)26(31-19-30-25)35-13-15-37(16-14-35)27(39)36-11-6-28(7-12-36)21-18-23(41-3)22(40-2)17-20(21)5-10-38(28)9-4-8-29/h17-19H,4-16,29H2,1-3H3. The first-order chi connectivity index (χ1) is 20.0. The van der Waals surface area contributed by atoms with Crippen molar-refractivity contribution >= 4 is 23.0 Å². The molecule has 220 valence electrons. The van der Waals surface area contributed by atoms with Crippen molar-refractivity contribution in [3.8, 4) is 11.5 Å². The monoisotopic (exact) mass is 564 g/mol. The Hall–Kier alpha value is -3.71. The number of nitrogens with zero attached hydrogens (tertiary/aromatic N) is 9. The van der Waals surface area contributed by atoms with Crippen molar-refractivity contribution in [2.24, 2.45) is 12.8 Å². The van der Waals surface area contributed by atoms with Crippen molar-refractivity contribution in [2.45, 2.75) is 31.2 Å². The minimum atomic E-state index is -0.146. The van der Waals surface area contributed by atoms with Crippen LogP contribution in [0.25, 0.3) is 11.2 Å². The molecule has 1 spiro atoms. The molecule has 3 aliphatic rings. The lowest BCUT2D eigenvalue weighted by atomic mass is 9.74. The van der Waals surface area contributed by atoms with Crippen molar-refractivity contribution in [2.75, 3.05) is 78.0 Å². The molecule has 0 atom stereocenters. The Bertz CT molecular complexity index is 1400. The molecule has 2 saturated heterocycles. The summed E-state index contributed by atoms with van der Waals surface area (Å²) >= 11 is 0. The first-order valence-electron chi connectivity index (χ1n) is 14.5. The summed E-state index contributed by atoms with van der Waals surface area (Å²) in [6, 6.07) is 4.42. The Morgan fingerprint density at radius 2 is 1.68 bits per heavy atom. The van der Waals surface area contributed by atoms with Gasteiger partial charge in [0.05, 0.1) is 14.2 Å². The molecule has 2 amide bonds. The lowest BCUT2D eigenvalue weighted by Crippen LogP contribution is -2.59. The Kier molecular flexibility index (Phi) is 7.56. The number of hydrogen-bond acceptors (Lipinski definition) is 10. The molecule has 13 heteroatoms. The number of aryl methyl sites for hydroxylation is 1. The molecule has 0 radical (unpaired) electrons. The van der Waals surface area contributed by atoms with Crippen LogP contribution in [0.2, 0.25) is 0 Å². The zero-order valence-corrected chi connectivity index (χ0v) is 24.3. The summed E-state index contributed by atoms with van der Waals surface area (Å²) in [6.07, 6.45) is 5.20. The van der Waals surface area contributed by atoms with Crippen LogP contribution in [0.5, 0.6) is 11.5 Å². The van der Waals surface area contributed by atoms with Gasteiger partial charge in [-0.25, -0.2) is 19.4 Å². The number of fused-ring (bicyclic) bond motifs is 3. The normalized spacial score (nSPS) is 19.1. The van der Waals surface area contributed by atoms with Crippen LogP contribution in [0.4, 0.5) is 10.6 Å². The highest BCUT2D eigenvalue weighted by molar-refractivity contribution is 5.82. The number of carbonyl (C=O) groups excluding carboxylic acids is 1. The second-order valence-corrected chi connectivity index (χ2v) is 11.1. The summed E-state index contributed by atoms with van der Waals surface area (Å²) in [5.74, 6) is 2.30. The number of nitrogens with two attached hydrogens (primary N) is 1. The third-order valence-electron chi connectivity index (χ3n) is 9.08. The van der Waals surface area contributed by atoms with Crippen LogP contribution < -0.4 is 20.1 Å². The summed E-state index contributed by atoms with van der Waals surface area (Å²) in [7, 11) is 5.19. The van der Waals surface area contributed by atoms with E-state index in [4.69, 9.17) is 15.2 Å². The Morgan fingerprint density at radius 1 is 0.976 bits per heavy atom. The smallest absolute Gasteiger partial charge is 0.320 e. The van der Waals surface area contributed by atoms with E-state index >= 15 is 0 Å². The topological polar surface area (TPSA) is 131 Å². The van der Waals surface area contributed by atoms with Crippen LogP contribution in [0.1, 0.15) is 30.4 Å². The third kappa shape index (κ3) is 4.80. The fourth-order valence-electron chi connectivity index (χ4n) is 6.84. The van der Waals surface area contributed by atoms with Crippen LogP contribution in [-0.2, 0) is 19.0 Å². The number of anilines is 1. The summed E-state index contributed by atoms with van der Waals surface area (Å²) in [4.78, 5) is 31.2. The summed E-state index contributed by atoms with van der Waals surface area (Å²) < 4.78 is 13.0. The highest BCUT2D eigenvalue weighted by Gasteiger charge is 2.46. The molecular weight excluding hydrogens is 524 g/mol. The number of rotatable bonds is 6. The quantitative estimate of drug-likeness (QED) is 0.466. The number of piperazine rings is 1. The average Bonchev–Trinajstić information content (AvgIpc) is 3.41. The van der Waals surface area contributed by atoms with Crippen LogP contribution in [-0.4, -0.2) is 119 Å². The van der Waals surface area contributed by atoms with Crippen LogP contribution in [0, 0.1) is 0 Å². The number of aromatic nitrogens is 5. The molecule has 0 aliphatic carbocycles. The van der Waals surface area contributed by atoms with Crippen molar-refractivity contribution in [1.29, 1.82) is 0 Å². The van der Waals surface area contributed by atoms with Gasteiger partial charge in [-0.05, 0) is 55.5 Å². The number of amides is 2. The van der Waals surface area contributed by atoms with Crippen LogP contribution in [0.15, 0.2) is 18.5 Å². The minimum absolute atomic E-state index is 0.115. The second kappa shape index (κ2) is 11.3. The van der Waals surface area contributed by atoms with Crippen molar-refractivity contribution in [1.82, 2.24) is 39.7 Å². The summed E-state index contributed by atoms with van der Waals surface area (Å²) in [5.41, 5.74) is 9.79. The fraction of sp³-hybridized carbons (Fsp3) is 0.607. The van der Waals surface area contributed by atoms with Gasteiger partial charge in [-0.2, -0.15) is 0 Å².